The van der Waals surface area contributed by atoms with E-state index in [4.69, 9.17) is 0 Å². The zero-order valence-corrected chi connectivity index (χ0v) is 18.8. The maximum atomic E-state index is 11.5. The van der Waals surface area contributed by atoms with Gasteiger partial charge in [0.2, 0.25) is 0 Å². The van der Waals surface area contributed by atoms with Gasteiger partial charge in [-0.2, -0.15) is 0 Å². The van der Waals surface area contributed by atoms with Crippen LogP contribution in [0.25, 0.3) is 0 Å². The van der Waals surface area contributed by atoms with Crippen molar-refractivity contribution in [1.82, 2.24) is 19.9 Å². The number of thioether (sulfide) groups is 2. The van der Waals surface area contributed by atoms with E-state index >= 15 is 0 Å². The van der Waals surface area contributed by atoms with Crippen LogP contribution < -0.4 is 0 Å². The number of methoxy groups -OCH3 is 3. The minimum atomic E-state index is -1.17. The average Bonchev–Trinajstić information content (AvgIpc) is 2.79. The molecule has 12 heteroatoms. The number of nitrogens with zero attached hydrogens (tertiary/aromatic N) is 4. The van der Waals surface area contributed by atoms with Crippen LogP contribution in [0.5, 0.6) is 0 Å². The van der Waals surface area contributed by atoms with Crippen LogP contribution in [0.4, 0.5) is 0 Å². The van der Waals surface area contributed by atoms with Gasteiger partial charge in [-0.1, -0.05) is 0 Å². The molecule has 0 bridgehead atoms. The van der Waals surface area contributed by atoms with E-state index in [-0.39, 0.29) is 18.1 Å². The molecule has 0 aromatic carbocycles. The first kappa shape index (κ1) is 25.3. The predicted molar refractivity (Wildman–Crippen MR) is 110 cm³/mol. The first-order chi connectivity index (χ1) is 14.4. The molecule has 0 unspecified atom stereocenters. The van der Waals surface area contributed by atoms with E-state index in [2.05, 4.69) is 34.1 Å². The standard InChI is InChI=1S/C10H12N2O4S.C8H10N2O2S/c1-15-9(13)8(10(14)16-2)6-4-7(17-3)12-5-11-6;1-12-8(11)4-6-3-7(13-2)10-5-9-6/h4-5,8H,1-3H3;3,5H,4H2,1-2H3. The number of hydrogen-bond donors (Lipinski definition) is 0. The van der Waals surface area contributed by atoms with Crippen LogP contribution in [0.3, 0.4) is 0 Å². The SMILES string of the molecule is COC(=O)C(C(=O)OC)c1cc(SC)ncn1.COC(=O)Cc1cc(SC)ncn1. The van der Waals surface area contributed by atoms with E-state index in [0.29, 0.717) is 10.7 Å². The molecule has 0 spiro atoms. The van der Waals surface area contributed by atoms with Gasteiger partial charge in [0.15, 0.2) is 5.92 Å². The van der Waals surface area contributed by atoms with Crippen LogP contribution >= 0.6 is 23.5 Å². The Labute approximate surface area is 182 Å². The summed E-state index contributed by atoms with van der Waals surface area (Å²) in [4.78, 5) is 49.7. The van der Waals surface area contributed by atoms with Crippen molar-refractivity contribution >= 4 is 41.4 Å². The highest BCUT2D eigenvalue weighted by molar-refractivity contribution is 7.98. The molecular weight excluding hydrogens is 432 g/mol. The summed E-state index contributed by atoms with van der Waals surface area (Å²) in [7, 11) is 3.77. The van der Waals surface area contributed by atoms with Crippen LogP contribution in [0.1, 0.15) is 17.3 Å². The van der Waals surface area contributed by atoms with E-state index in [1.165, 1.54) is 57.5 Å². The third kappa shape index (κ3) is 7.95. The van der Waals surface area contributed by atoms with E-state index in [9.17, 15) is 14.4 Å². The zero-order chi connectivity index (χ0) is 22.5. The van der Waals surface area contributed by atoms with Crippen molar-refractivity contribution in [2.45, 2.75) is 22.4 Å². The van der Waals surface area contributed by atoms with Crippen molar-refractivity contribution in [3.8, 4) is 0 Å². The predicted octanol–water partition coefficient (Wildman–Crippen LogP) is 1.54. The minimum absolute atomic E-state index is 0.201. The summed E-state index contributed by atoms with van der Waals surface area (Å²) in [6, 6.07) is 3.34. The summed E-state index contributed by atoms with van der Waals surface area (Å²) in [5.41, 5.74) is 0.953. The summed E-state index contributed by atoms with van der Waals surface area (Å²) >= 11 is 2.90. The van der Waals surface area contributed by atoms with Crippen LogP contribution in [-0.2, 0) is 35.0 Å². The molecule has 0 atom stereocenters. The Morgan fingerprint density at radius 1 is 0.833 bits per heavy atom. The van der Waals surface area contributed by atoms with Gasteiger partial charge in [-0.05, 0) is 24.6 Å². The average molecular weight is 455 g/mol. The van der Waals surface area contributed by atoms with E-state index in [1.807, 2.05) is 12.5 Å². The number of rotatable bonds is 7. The molecule has 2 heterocycles. The van der Waals surface area contributed by atoms with Crippen molar-refractivity contribution in [1.29, 1.82) is 0 Å². The van der Waals surface area contributed by atoms with Gasteiger partial charge in [0.25, 0.3) is 0 Å². The molecule has 162 valence electrons. The molecular formula is C18H22N4O6S2. The third-order valence-corrected chi connectivity index (χ3v) is 4.79. The molecule has 0 radical (unpaired) electrons. The summed E-state index contributed by atoms with van der Waals surface area (Å²) in [5.74, 6) is -2.87. The smallest absolute Gasteiger partial charge is 0.326 e. The molecule has 2 rings (SSSR count). The molecule has 0 saturated heterocycles. The van der Waals surface area contributed by atoms with Gasteiger partial charge in [-0.15, -0.1) is 23.5 Å². The highest BCUT2D eigenvalue weighted by atomic mass is 32.2. The normalized spacial score (nSPS) is 9.93. The maximum absolute atomic E-state index is 11.5. The van der Waals surface area contributed by atoms with Crippen molar-refractivity contribution in [2.24, 2.45) is 0 Å². The topological polar surface area (TPSA) is 130 Å². The van der Waals surface area contributed by atoms with Gasteiger partial charge < -0.3 is 14.2 Å². The molecule has 0 N–H and O–H groups in total. The van der Waals surface area contributed by atoms with E-state index in [0.717, 1.165) is 5.03 Å². The van der Waals surface area contributed by atoms with Crippen molar-refractivity contribution < 1.29 is 28.6 Å². The Hall–Kier alpha value is -2.73. The fourth-order valence-corrected chi connectivity index (χ4v) is 2.80. The van der Waals surface area contributed by atoms with Crippen molar-refractivity contribution in [2.75, 3.05) is 33.8 Å². The zero-order valence-electron chi connectivity index (χ0n) is 17.1. The number of esters is 3. The summed E-state index contributed by atoms with van der Waals surface area (Å²) < 4.78 is 13.6. The van der Waals surface area contributed by atoms with Crippen LogP contribution in [-0.4, -0.2) is 71.7 Å². The second kappa shape index (κ2) is 13.5. The number of carbonyl (C=O) groups is 3. The quantitative estimate of drug-likeness (QED) is 0.198. The largest absolute Gasteiger partial charge is 0.469 e. The fourth-order valence-electron chi connectivity index (χ4n) is 2.00. The number of aromatic nitrogens is 4. The lowest BCUT2D eigenvalue weighted by Gasteiger charge is -2.11. The molecule has 0 fully saturated rings. The molecule has 0 aliphatic carbocycles. The molecule has 2 aromatic rings. The number of hydrogen-bond acceptors (Lipinski definition) is 12. The molecule has 0 aliphatic heterocycles. The molecule has 0 aliphatic rings. The first-order valence-corrected chi connectivity index (χ1v) is 10.8. The van der Waals surface area contributed by atoms with Crippen molar-refractivity contribution in [3.05, 3.63) is 36.2 Å². The van der Waals surface area contributed by atoms with Crippen LogP contribution in [0.2, 0.25) is 0 Å². The van der Waals surface area contributed by atoms with Crippen LogP contribution in [0.15, 0.2) is 34.8 Å². The highest BCUT2D eigenvalue weighted by Gasteiger charge is 2.32. The van der Waals surface area contributed by atoms with Crippen LogP contribution in [0, 0.1) is 0 Å². The van der Waals surface area contributed by atoms with Gasteiger partial charge in [0.05, 0.1) is 49.2 Å². The Balaban J connectivity index is 0.000000311. The molecule has 10 nitrogen and oxygen atoms in total. The second-order valence-electron chi connectivity index (χ2n) is 5.27. The third-order valence-electron chi connectivity index (χ3n) is 3.50. The minimum Gasteiger partial charge on any atom is -0.469 e. The van der Waals surface area contributed by atoms with Crippen molar-refractivity contribution in [3.63, 3.8) is 0 Å². The lowest BCUT2D eigenvalue weighted by atomic mass is 10.1. The highest BCUT2D eigenvalue weighted by Crippen LogP contribution is 2.20. The summed E-state index contributed by atoms with van der Waals surface area (Å²) in [6.07, 6.45) is 6.69. The van der Waals surface area contributed by atoms with Gasteiger partial charge in [0, 0.05) is 0 Å². The Kier molecular flexibility index (Phi) is 11.4. The maximum Gasteiger partial charge on any atom is 0.326 e. The summed E-state index contributed by atoms with van der Waals surface area (Å²) in [5, 5.41) is 1.52. The number of carbonyl (C=O) groups excluding carboxylic acids is 3. The number of ether oxygens (including phenoxy) is 3. The monoisotopic (exact) mass is 454 g/mol. The summed E-state index contributed by atoms with van der Waals surface area (Å²) in [6.45, 7) is 0. The van der Waals surface area contributed by atoms with Gasteiger partial charge >= 0.3 is 17.9 Å². The Morgan fingerprint density at radius 3 is 1.87 bits per heavy atom. The van der Waals surface area contributed by atoms with E-state index < -0.39 is 17.9 Å². The first-order valence-electron chi connectivity index (χ1n) is 8.33. The molecule has 30 heavy (non-hydrogen) atoms. The Morgan fingerprint density at radius 2 is 1.37 bits per heavy atom. The molecule has 2 aromatic heterocycles. The second-order valence-corrected chi connectivity index (χ2v) is 6.92. The van der Waals surface area contributed by atoms with E-state index in [1.54, 1.807) is 12.1 Å². The lowest BCUT2D eigenvalue weighted by molar-refractivity contribution is -0.154. The molecule has 0 amide bonds. The van der Waals surface area contributed by atoms with Gasteiger partial charge in [0.1, 0.15) is 12.7 Å². The van der Waals surface area contributed by atoms with Gasteiger partial charge in [-0.3, -0.25) is 14.4 Å². The Bertz CT molecular complexity index is 852. The van der Waals surface area contributed by atoms with Gasteiger partial charge in [-0.25, -0.2) is 19.9 Å². The molecule has 0 saturated carbocycles. The lowest BCUT2D eigenvalue weighted by Crippen LogP contribution is -2.25. The fraction of sp³-hybridized carbons (Fsp3) is 0.389.